The van der Waals surface area contributed by atoms with Crippen LogP contribution in [0, 0.1) is 0 Å². The molecule has 0 saturated carbocycles. The molecule has 184 valence electrons. The first-order chi connectivity index (χ1) is 15.7. The molecule has 3 rings (SSSR count). The molecule has 2 N–H and O–H groups in total. The lowest BCUT2D eigenvalue weighted by Crippen LogP contribution is -2.43. The summed E-state index contributed by atoms with van der Waals surface area (Å²) in [6.07, 6.45) is -11.0. The van der Waals surface area contributed by atoms with Gasteiger partial charge >= 0.3 is 12.4 Å². The van der Waals surface area contributed by atoms with Crippen LogP contribution in [0.5, 0.6) is 0 Å². The van der Waals surface area contributed by atoms with Crippen LogP contribution in [0.1, 0.15) is 35.6 Å². The van der Waals surface area contributed by atoms with Crippen LogP contribution in [0.2, 0.25) is 10.0 Å². The van der Waals surface area contributed by atoms with Gasteiger partial charge in [0.15, 0.2) is 0 Å². The lowest BCUT2D eigenvalue weighted by molar-refractivity contribution is -0.276. The first-order valence-corrected chi connectivity index (χ1v) is 10.1. The van der Waals surface area contributed by atoms with Gasteiger partial charge in [-0.2, -0.15) is 26.3 Å². The van der Waals surface area contributed by atoms with Crippen molar-refractivity contribution in [3.05, 3.63) is 68.7 Å². The molecule has 0 aliphatic carbocycles. The smallest absolute Gasteiger partial charge is 0.374 e. The Labute approximate surface area is 198 Å². The predicted molar refractivity (Wildman–Crippen MR) is 110 cm³/mol. The van der Waals surface area contributed by atoms with Gasteiger partial charge in [0.1, 0.15) is 0 Å². The Balaban J connectivity index is 1.92. The molecule has 0 bridgehead atoms. The first kappa shape index (κ1) is 26.1. The van der Waals surface area contributed by atoms with E-state index < -0.39 is 46.4 Å². The molecule has 6 nitrogen and oxygen atoms in total. The molecule has 14 heteroatoms. The summed E-state index contributed by atoms with van der Waals surface area (Å²) < 4.78 is 82.0. The van der Waals surface area contributed by atoms with Crippen LogP contribution in [0.4, 0.5) is 26.3 Å². The number of amides is 1. The van der Waals surface area contributed by atoms with Crippen LogP contribution in [0.25, 0.3) is 0 Å². The SMILES string of the molecule is CC(=O)NNOCc1cc(C2=NO[C@@](c3cc(Cl)cc(C(F)(F)F)c3)(C(F)(F)F)C2)ccc1Cl. The molecule has 1 atom stereocenters. The highest BCUT2D eigenvalue weighted by Crippen LogP contribution is 2.50. The maximum atomic E-state index is 14.2. The van der Waals surface area contributed by atoms with E-state index in [2.05, 4.69) is 16.2 Å². The Morgan fingerprint density at radius 1 is 1.15 bits per heavy atom. The maximum absolute atomic E-state index is 14.2. The van der Waals surface area contributed by atoms with Crippen molar-refractivity contribution >= 4 is 34.8 Å². The minimum atomic E-state index is -5.13. The third-order valence-electron chi connectivity index (χ3n) is 4.78. The van der Waals surface area contributed by atoms with Gasteiger partial charge in [0.2, 0.25) is 5.91 Å². The van der Waals surface area contributed by atoms with E-state index in [0.29, 0.717) is 17.7 Å². The molecule has 0 aromatic heterocycles. The van der Waals surface area contributed by atoms with Crippen molar-refractivity contribution in [1.29, 1.82) is 0 Å². The van der Waals surface area contributed by atoms with E-state index in [-0.39, 0.29) is 22.9 Å². The van der Waals surface area contributed by atoms with E-state index >= 15 is 0 Å². The van der Waals surface area contributed by atoms with Crippen LogP contribution in [0.15, 0.2) is 41.6 Å². The first-order valence-electron chi connectivity index (χ1n) is 9.35. The molecular formula is C20H15Cl2F6N3O3. The number of nitrogens with zero attached hydrogens (tertiary/aromatic N) is 1. The number of nitrogens with one attached hydrogen (secondary N) is 2. The van der Waals surface area contributed by atoms with Crippen molar-refractivity contribution in [1.82, 2.24) is 11.0 Å². The zero-order chi connectivity index (χ0) is 25.3. The third-order valence-corrected chi connectivity index (χ3v) is 5.37. The highest BCUT2D eigenvalue weighted by Gasteiger charge is 2.62. The minimum Gasteiger partial charge on any atom is -0.374 e. The predicted octanol–water partition coefficient (Wildman–Crippen LogP) is 5.67. The number of oxime groups is 1. The average molecular weight is 530 g/mol. The van der Waals surface area contributed by atoms with E-state index in [1.54, 1.807) is 0 Å². The summed E-state index contributed by atoms with van der Waals surface area (Å²) in [4.78, 5) is 20.6. The van der Waals surface area contributed by atoms with Gasteiger partial charge in [-0.15, -0.1) is 5.59 Å². The van der Waals surface area contributed by atoms with Crippen LogP contribution in [-0.2, 0) is 32.9 Å². The highest BCUT2D eigenvalue weighted by molar-refractivity contribution is 6.31. The summed E-state index contributed by atoms with van der Waals surface area (Å²) in [5.74, 6) is -0.435. The molecule has 0 saturated heterocycles. The second kappa shape index (κ2) is 9.61. The van der Waals surface area contributed by atoms with Crippen LogP contribution in [-0.4, -0.2) is 17.8 Å². The van der Waals surface area contributed by atoms with Gasteiger partial charge in [-0.25, -0.2) is 0 Å². The molecule has 2 aromatic rings. The van der Waals surface area contributed by atoms with E-state index in [0.717, 1.165) is 6.07 Å². The third kappa shape index (κ3) is 5.57. The number of rotatable bonds is 6. The minimum absolute atomic E-state index is 0.173. The Morgan fingerprint density at radius 3 is 2.47 bits per heavy atom. The van der Waals surface area contributed by atoms with Gasteiger partial charge in [-0.3, -0.25) is 15.1 Å². The van der Waals surface area contributed by atoms with Gasteiger partial charge in [0.25, 0.3) is 5.60 Å². The fourth-order valence-electron chi connectivity index (χ4n) is 3.13. The molecule has 1 amide bonds. The van der Waals surface area contributed by atoms with Gasteiger partial charge < -0.3 is 4.84 Å². The highest BCUT2D eigenvalue weighted by atomic mass is 35.5. The Hall–Kier alpha value is -2.54. The topological polar surface area (TPSA) is 72.0 Å². The molecule has 0 spiro atoms. The molecule has 0 radical (unpaired) electrons. The summed E-state index contributed by atoms with van der Waals surface area (Å²) in [7, 11) is 0. The number of benzene rings is 2. The van der Waals surface area contributed by atoms with Gasteiger partial charge in [-0.05, 0) is 41.5 Å². The summed E-state index contributed by atoms with van der Waals surface area (Å²) in [6.45, 7) is 1.04. The lowest BCUT2D eigenvalue weighted by atomic mass is 9.85. The Kier molecular flexibility index (Phi) is 7.37. The second-order valence-corrected chi connectivity index (χ2v) is 8.08. The van der Waals surface area contributed by atoms with Crippen LogP contribution < -0.4 is 11.0 Å². The number of hydrogen-bond acceptors (Lipinski definition) is 5. The Morgan fingerprint density at radius 2 is 1.85 bits per heavy atom. The number of hydrogen-bond donors (Lipinski definition) is 2. The number of alkyl halides is 6. The fourth-order valence-corrected chi connectivity index (χ4v) is 3.54. The molecule has 2 aromatic carbocycles. The number of carbonyl (C=O) groups is 1. The second-order valence-electron chi connectivity index (χ2n) is 7.24. The molecule has 0 unspecified atom stereocenters. The molecule has 1 aliphatic heterocycles. The van der Waals surface area contributed by atoms with Crippen LogP contribution in [0.3, 0.4) is 0 Å². The van der Waals surface area contributed by atoms with Crippen molar-refractivity contribution in [2.45, 2.75) is 37.9 Å². The largest absolute Gasteiger partial charge is 0.435 e. The summed E-state index contributed by atoms with van der Waals surface area (Å²) >= 11 is 11.8. The normalized spacial score (nSPS) is 18.4. The summed E-state index contributed by atoms with van der Waals surface area (Å²) in [5, 5.41) is 3.20. The van der Waals surface area contributed by atoms with E-state index in [1.165, 1.54) is 25.1 Å². The standard InChI is InChI=1S/C20H15Cl2F6N3O3/c1-10(32)29-31-33-9-12-4-11(2-3-16(12)22)17-8-18(34-30-17,20(26,27)28)13-5-14(19(23,24)25)7-15(21)6-13/h2-7,31H,8-9H2,1H3,(H,29,32)/t18-/m0/s1. The monoisotopic (exact) mass is 529 g/mol. The summed E-state index contributed by atoms with van der Waals surface area (Å²) in [6, 6.07) is 5.76. The van der Waals surface area contributed by atoms with Crippen molar-refractivity contribution in [2.75, 3.05) is 0 Å². The summed E-state index contributed by atoms with van der Waals surface area (Å²) in [5.41, 5.74) is -0.742. The van der Waals surface area contributed by atoms with Crippen molar-refractivity contribution in [2.24, 2.45) is 5.16 Å². The lowest BCUT2D eigenvalue weighted by Gasteiger charge is -2.30. The number of hydrazine groups is 1. The van der Waals surface area contributed by atoms with Gasteiger partial charge in [0.05, 0.1) is 17.9 Å². The molecule has 34 heavy (non-hydrogen) atoms. The fraction of sp³-hybridized carbons (Fsp3) is 0.300. The molecular weight excluding hydrogens is 515 g/mol. The zero-order valence-electron chi connectivity index (χ0n) is 17.1. The maximum Gasteiger partial charge on any atom is 0.435 e. The number of halogens is 8. The van der Waals surface area contributed by atoms with E-state index in [9.17, 15) is 31.1 Å². The van der Waals surface area contributed by atoms with Gasteiger partial charge in [0, 0.05) is 29.0 Å². The van der Waals surface area contributed by atoms with Crippen molar-refractivity contribution < 1.29 is 40.8 Å². The zero-order valence-corrected chi connectivity index (χ0v) is 18.6. The number of carbonyl (C=O) groups excluding carboxylic acids is 1. The average Bonchev–Trinajstić information content (AvgIpc) is 3.18. The van der Waals surface area contributed by atoms with Crippen LogP contribution >= 0.6 is 23.2 Å². The molecule has 0 fully saturated rings. The van der Waals surface area contributed by atoms with E-state index in [4.69, 9.17) is 32.9 Å². The van der Waals surface area contributed by atoms with Crippen molar-refractivity contribution in [3.63, 3.8) is 0 Å². The molecule has 1 aliphatic rings. The molecule has 1 heterocycles. The Bertz CT molecular complexity index is 1120. The van der Waals surface area contributed by atoms with Gasteiger partial charge in [-0.1, -0.05) is 34.4 Å². The quantitative estimate of drug-likeness (QED) is 0.287. The van der Waals surface area contributed by atoms with Crippen molar-refractivity contribution in [3.8, 4) is 0 Å². The van der Waals surface area contributed by atoms with E-state index in [1.807, 2.05) is 0 Å².